The van der Waals surface area contributed by atoms with E-state index in [1.165, 1.54) is 0 Å². The topological polar surface area (TPSA) is 22.1 Å². The zero-order valence-corrected chi connectivity index (χ0v) is 12.0. The van der Waals surface area contributed by atoms with Crippen LogP contribution in [0.3, 0.4) is 0 Å². The monoisotopic (exact) mass is 295 g/mol. The minimum atomic E-state index is -4.49. The number of hydrogen-bond donors (Lipinski definition) is 0. The molecule has 2 aromatic rings. The van der Waals surface area contributed by atoms with Gasteiger partial charge in [0.05, 0.1) is 6.20 Å². The van der Waals surface area contributed by atoms with Crippen LogP contribution in [-0.4, -0.2) is 4.98 Å². The minimum Gasteiger partial charge on any atom is -0.455 e. The van der Waals surface area contributed by atoms with Crippen molar-refractivity contribution in [1.82, 2.24) is 4.98 Å². The van der Waals surface area contributed by atoms with Crippen LogP contribution in [-0.2, 0) is 11.6 Å². The van der Waals surface area contributed by atoms with Crippen LogP contribution < -0.4 is 4.74 Å². The average molecular weight is 295 g/mol. The van der Waals surface area contributed by atoms with Gasteiger partial charge in [-0.2, -0.15) is 13.2 Å². The summed E-state index contributed by atoms with van der Waals surface area (Å²) in [5.41, 5.74) is -0.910. The third-order valence-electron chi connectivity index (χ3n) is 2.91. The van der Waals surface area contributed by atoms with E-state index in [1.54, 1.807) is 30.3 Å². The van der Waals surface area contributed by atoms with E-state index in [1.807, 2.05) is 20.8 Å². The molecule has 0 saturated heterocycles. The maximum absolute atomic E-state index is 13.2. The molecule has 0 unspecified atom stereocenters. The predicted molar refractivity (Wildman–Crippen MR) is 74.5 cm³/mol. The highest BCUT2D eigenvalue weighted by atomic mass is 19.4. The molecule has 0 N–H and O–H groups in total. The molecule has 0 fully saturated rings. The van der Waals surface area contributed by atoms with Crippen LogP contribution in [0.1, 0.15) is 32.0 Å². The van der Waals surface area contributed by atoms with Gasteiger partial charge in [-0.15, -0.1) is 0 Å². The van der Waals surface area contributed by atoms with Crippen molar-refractivity contribution in [2.45, 2.75) is 32.4 Å². The first-order valence-corrected chi connectivity index (χ1v) is 6.48. The molecule has 2 rings (SSSR count). The molecule has 5 heteroatoms. The maximum Gasteiger partial charge on any atom is 0.420 e. The first kappa shape index (κ1) is 15.4. The van der Waals surface area contributed by atoms with Crippen LogP contribution in [0, 0.1) is 0 Å². The van der Waals surface area contributed by atoms with Gasteiger partial charge in [0.1, 0.15) is 11.3 Å². The third-order valence-corrected chi connectivity index (χ3v) is 2.91. The smallest absolute Gasteiger partial charge is 0.420 e. The van der Waals surface area contributed by atoms with Crippen LogP contribution >= 0.6 is 0 Å². The summed E-state index contributed by atoms with van der Waals surface area (Å²) in [6.07, 6.45) is -3.36. The lowest BCUT2D eigenvalue weighted by Crippen LogP contribution is -2.16. The second-order valence-electron chi connectivity index (χ2n) is 5.73. The SMILES string of the molecule is CC(C)(C)c1cc(C(F)(F)F)c(Oc2ccccc2)cn1. The van der Waals surface area contributed by atoms with Gasteiger partial charge in [-0.25, -0.2) is 0 Å². The first-order chi connectivity index (χ1) is 9.68. The molecular formula is C16H16F3NO. The molecule has 0 aliphatic heterocycles. The summed E-state index contributed by atoms with van der Waals surface area (Å²) in [6, 6.07) is 9.39. The molecular weight excluding hydrogens is 279 g/mol. The number of ether oxygens (including phenoxy) is 1. The highest BCUT2D eigenvalue weighted by Gasteiger charge is 2.36. The van der Waals surface area contributed by atoms with E-state index in [0.29, 0.717) is 11.4 Å². The Labute approximate surface area is 121 Å². The molecule has 0 spiro atoms. The molecule has 21 heavy (non-hydrogen) atoms. The molecule has 1 heterocycles. The Hall–Kier alpha value is -2.04. The minimum absolute atomic E-state index is 0.290. The van der Waals surface area contributed by atoms with Crippen molar-refractivity contribution < 1.29 is 17.9 Å². The van der Waals surface area contributed by atoms with Gasteiger partial charge in [-0.1, -0.05) is 39.0 Å². The second-order valence-corrected chi connectivity index (χ2v) is 5.73. The molecule has 2 nitrogen and oxygen atoms in total. The standard InChI is InChI=1S/C16H16F3NO/c1-15(2,3)14-9-12(16(17,18)19)13(10-20-14)21-11-7-5-4-6-8-11/h4-10H,1-3H3. The Morgan fingerprint density at radius 1 is 1.00 bits per heavy atom. The van der Waals surface area contributed by atoms with Gasteiger partial charge in [0.25, 0.3) is 0 Å². The van der Waals surface area contributed by atoms with E-state index in [0.717, 1.165) is 12.3 Å². The molecule has 0 saturated carbocycles. The van der Waals surface area contributed by atoms with Crippen LogP contribution in [0.15, 0.2) is 42.6 Å². The van der Waals surface area contributed by atoms with Gasteiger partial charge >= 0.3 is 6.18 Å². The molecule has 0 radical (unpaired) electrons. The first-order valence-electron chi connectivity index (χ1n) is 6.48. The number of para-hydroxylation sites is 1. The molecule has 112 valence electrons. The number of hydrogen-bond acceptors (Lipinski definition) is 2. The number of benzene rings is 1. The van der Waals surface area contributed by atoms with Crippen molar-refractivity contribution in [1.29, 1.82) is 0 Å². The molecule has 0 aliphatic carbocycles. The lowest BCUT2D eigenvalue weighted by Gasteiger charge is -2.21. The fourth-order valence-electron chi connectivity index (χ4n) is 1.77. The molecule has 0 aliphatic rings. The number of alkyl halides is 3. The zero-order chi connectivity index (χ0) is 15.7. The molecule has 0 atom stereocenters. The number of halogens is 3. The summed E-state index contributed by atoms with van der Waals surface area (Å²) in [4.78, 5) is 4.10. The number of pyridine rings is 1. The second kappa shape index (κ2) is 5.39. The molecule has 1 aromatic carbocycles. The largest absolute Gasteiger partial charge is 0.455 e. The van der Waals surface area contributed by atoms with Crippen molar-refractivity contribution in [3.8, 4) is 11.5 Å². The van der Waals surface area contributed by atoms with Gasteiger partial charge < -0.3 is 4.74 Å². The summed E-state index contributed by atoms with van der Waals surface area (Å²) in [7, 11) is 0. The van der Waals surface area contributed by atoms with Gasteiger partial charge in [-0.3, -0.25) is 4.98 Å². The van der Waals surface area contributed by atoms with Crippen LogP contribution in [0.4, 0.5) is 13.2 Å². The summed E-state index contributed by atoms with van der Waals surface area (Å²) in [5.74, 6) is 0.0509. The van der Waals surface area contributed by atoms with Crippen molar-refractivity contribution in [2.24, 2.45) is 0 Å². The number of aromatic nitrogens is 1. The molecule has 0 amide bonds. The Bertz CT molecular complexity index is 616. The highest BCUT2D eigenvalue weighted by molar-refractivity contribution is 5.40. The Morgan fingerprint density at radius 3 is 2.14 bits per heavy atom. The van der Waals surface area contributed by atoms with E-state index in [-0.39, 0.29) is 5.75 Å². The fraction of sp³-hybridized carbons (Fsp3) is 0.312. The molecule has 1 aromatic heterocycles. The van der Waals surface area contributed by atoms with Crippen molar-refractivity contribution in [2.75, 3.05) is 0 Å². The third kappa shape index (κ3) is 3.74. The highest BCUT2D eigenvalue weighted by Crippen LogP contribution is 2.39. The van der Waals surface area contributed by atoms with E-state index < -0.39 is 17.2 Å². The summed E-state index contributed by atoms with van der Waals surface area (Å²) in [5, 5.41) is 0. The van der Waals surface area contributed by atoms with E-state index in [2.05, 4.69) is 4.98 Å². The van der Waals surface area contributed by atoms with Crippen LogP contribution in [0.25, 0.3) is 0 Å². The van der Waals surface area contributed by atoms with Gasteiger partial charge in [-0.05, 0) is 18.2 Å². The summed E-state index contributed by atoms with van der Waals surface area (Å²) >= 11 is 0. The van der Waals surface area contributed by atoms with Gasteiger partial charge in [0, 0.05) is 11.1 Å². The number of nitrogens with zero attached hydrogens (tertiary/aromatic N) is 1. The van der Waals surface area contributed by atoms with Gasteiger partial charge in [0.15, 0.2) is 5.75 Å². The van der Waals surface area contributed by atoms with Crippen LogP contribution in [0.5, 0.6) is 11.5 Å². The lowest BCUT2D eigenvalue weighted by atomic mass is 9.90. The lowest BCUT2D eigenvalue weighted by molar-refractivity contribution is -0.138. The summed E-state index contributed by atoms with van der Waals surface area (Å²) < 4.78 is 45.0. The quantitative estimate of drug-likeness (QED) is 0.760. The molecule has 0 bridgehead atoms. The summed E-state index contributed by atoms with van der Waals surface area (Å²) in [6.45, 7) is 5.44. The normalized spacial score (nSPS) is 12.3. The fourth-order valence-corrected chi connectivity index (χ4v) is 1.77. The van der Waals surface area contributed by atoms with Crippen molar-refractivity contribution in [3.63, 3.8) is 0 Å². The maximum atomic E-state index is 13.2. The predicted octanol–water partition coefficient (Wildman–Crippen LogP) is 5.19. The van der Waals surface area contributed by atoms with E-state index in [4.69, 9.17) is 4.74 Å². The Balaban J connectivity index is 2.46. The van der Waals surface area contributed by atoms with Crippen molar-refractivity contribution >= 4 is 0 Å². The van der Waals surface area contributed by atoms with Crippen LogP contribution in [0.2, 0.25) is 0 Å². The van der Waals surface area contributed by atoms with E-state index in [9.17, 15) is 13.2 Å². The zero-order valence-electron chi connectivity index (χ0n) is 12.0. The number of rotatable bonds is 2. The average Bonchev–Trinajstić information content (AvgIpc) is 2.38. The van der Waals surface area contributed by atoms with Crippen molar-refractivity contribution in [3.05, 3.63) is 53.9 Å². The van der Waals surface area contributed by atoms with Gasteiger partial charge in [0.2, 0.25) is 0 Å². The van der Waals surface area contributed by atoms with E-state index >= 15 is 0 Å². The Morgan fingerprint density at radius 2 is 1.62 bits per heavy atom. The Kier molecular flexibility index (Phi) is 3.94.